The van der Waals surface area contributed by atoms with Gasteiger partial charge in [-0.2, -0.15) is 13.2 Å². The van der Waals surface area contributed by atoms with Gasteiger partial charge in [0, 0.05) is 27.4 Å². The van der Waals surface area contributed by atoms with Crippen LogP contribution in [0.3, 0.4) is 0 Å². The van der Waals surface area contributed by atoms with Gasteiger partial charge in [0.25, 0.3) is 0 Å². The molecule has 1 aliphatic rings. The maximum atomic E-state index is 12.6. The van der Waals surface area contributed by atoms with Gasteiger partial charge in [-0.15, -0.1) is 11.3 Å². The molecule has 0 radical (unpaired) electrons. The number of hydrogen-bond donors (Lipinski definition) is 1. The van der Waals surface area contributed by atoms with E-state index in [0.717, 1.165) is 21.9 Å². The third-order valence-corrected chi connectivity index (χ3v) is 5.88. The number of halogens is 3. The van der Waals surface area contributed by atoms with E-state index in [1.807, 2.05) is 13.0 Å². The van der Waals surface area contributed by atoms with Crippen molar-refractivity contribution in [2.24, 2.45) is 0 Å². The van der Waals surface area contributed by atoms with Crippen LogP contribution in [0.4, 0.5) is 18.9 Å². The highest BCUT2D eigenvalue weighted by Crippen LogP contribution is 2.43. The van der Waals surface area contributed by atoms with Crippen LogP contribution in [0.2, 0.25) is 0 Å². The Balaban J connectivity index is 1.84. The van der Waals surface area contributed by atoms with E-state index < -0.39 is 23.6 Å². The quantitative estimate of drug-likeness (QED) is 0.619. The van der Waals surface area contributed by atoms with Crippen LogP contribution in [0.25, 0.3) is 0 Å². The van der Waals surface area contributed by atoms with Gasteiger partial charge in [-0.1, -0.05) is 0 Å². The Kier molecular flexibility index (Phi) is 4.54. The van der Waals surface area contributed by atoms with Gasteiger partial charge in [0.05, 0.1) is 5.56 Å². The van der Waals surface area contributed by atoms with Gasteiger partial charge in [0.2, 0.25) is 11.8 Å². The molecule has 2 heterocycles. The molecule has 132 valence electrons. The largest absolute Gasteiger partial charge is 0.416 e. The van der Waals surface area contributed by atoms with Crippen LogP contribution in [-0.4, -0.2) is 23.2 Å². The summed E-state index contributed by atoms with van der Waals surface area (Å²) in [7, 11) is 1.58. The predicted octanol–water partition coefficient (Wildman–Crippen LogP) is 4.28. The lowest BCUT2D eigenvalue weighted by Crippen LogP contribution is -2.37. The maximum absolute atomic E-state index is 12.6. The number of hydrogen-bond acceptors (Lipinski definition) is 4. The van der Waals surface area contributed by atoms with Crippen molar-refractivity contribution < 1.29 is 22.8 Å². The summed E-state index contributed by atoms with van der Waals surface area (Å²) in [6.07, 6.45) is -4.44. The fourth-order valence-corrected chi connectivity index (χ4v) is 4.70. The van der Waals surface area contributed by atoms with E-state index in [1.165, 1.54) is 39.7 Å². The first-order valence-corrected chi connectivity index (χ1v) is 8.80. The van der Waals surface area contributed by atoms with Crippen molar-refractivity contribution in [1.82, 2.24) is 4.31 Å². The van der Waals surface area contributed by atoms with Gasteiger partial charge in [0.1, 0.15) is 0 Å². The predicted molar refractivity (Wildman–Crippen MR) is 90.5 cm³/mol. The number of likely N-dealkylation sites (N-methyl/N-ethyl adjacent to an activating group) is 1. The Bertz CT molecular complexity index is 831. The molecule has 1 aliphatic heterocycles. The third kappa shape index (κ3) is 3.52. The van der Waals surface area contributed by atoms with E-state index in [9.17, 15) is 22.8 Å². The molecule has 0 fully saturated rings. The van der Waals surface area contributed by atoms with Gasteiger partial charge in [-0.05, 0) is 49.2 Å². The Morgan fingerprint density at radius 2 is 1.88 bits per heavy atom. The van der Waals surface area contributed by atoms with E-state index in [0.29, 0.717) is 4.88 Å². The average molecular weight is 386 g/mol. The molecule has 1 aromatic carbocycles. The Labute approximate surface area is 150 Å². The zero-order valence-electron chi connectivity index (χ0n) is 13.2. The fourth-order valence-electron chi connectivity index (χ4n) is 2.46. The highest BCUT2D eigenvalue weighted by molar-refractivity contribution is 7.97. The monoisotopic (exact) mass is 386 g/mol. The number of nitrogens with one attached hydrogen (secondary N) is 1. The molecule has 3 rings (SSSR count). The van der Waals surface area contributed by atoms with Gasteiger partial charge in [-0.3, -0.25) is 13.9 Å². The molecule has 25 heavy (non-hydrogen) atoms. The smallest absolute Gasteiger partial charge is 0.325 e. The molecule has 1 unspecified atom stereocenters. The molecule has 0 saturated carbocycles. The van der Waals surface area contributed by atoms with Crippen LogP contribution in [-0.2, 0) is 15.8 Å². The van der Waals surface area contributed by atoms with Crippen molar-refractivity contribution in [3.63, 3.8) is 0 Å². The molecular weight excluding hydrogens is 373 g/mol. The highest BCUT2D eigenvalue weighted by atomic mass is 32.2. The summed E-state index contributed by atoms with van der Waals surface area (Å²) in [6, 6.07) is 6.04. The molecule has 0 spiro atoms. The molecule has 1 aromatic heterocycles. The van der Waals surface area contributed by atoms with Crippen molar-refractivity contribution in [2.45, 2.75) is 23.9 Å². The number of carbonyl (C=O) groups is 2. The third-order valence-electron chi connectivity index (χ3n) is 3.64. The standard InChI is InChI=1S/C16H13F3N2O2S2/c1-8-7-11-13(24-8)12(15(23)21(2)25-11)14(22)20-10-5-3-9(4-6-10)16(17,18)19/h3-7,12H,1-2H3,(H,20,22). The molecule has 0 saturated heterocycles. The van der Waals surface area contributed by atoms with Crippen molar-refractivity contribution in [1.29, 1.82) is 0 Å². The first-order valence-electron chi connectivity index (χ1n) is 7.21. The fraction of sp³-hybridized carbons (Fsp3) is 0.250. The molecule has 2 aromatic rings. The van der Waals surface area contributed by atoms with Gasteiger partial charge < -0.3 is 5.32 Å². The van der Waals surface area contributed by atoms with Crippen LogP contribution in [0.1, 0.15) is 21.2 Å². The molecule has 1 N–H and O–H groups in total. The molecule has 0 bridgehead atoms. The van der Waals surface area contributed by atoms with Crippen LogP contribution in [0, 0.1) is 6.92 Å². The number of aryl methyl sites for hydroxylation is 1. The summed E-state index contributed by atoms with van der Waals surface area (Å²) in [5, 5.41) is 2.54. The van der Waals surface area contributed by atoms with Crippen LogP contribution in [0.15, 0.2) is 35.2 Å². The minimum Gasteiger partial charge on any atom is -0.325 e. The highest BCUT2D eigenvalue weighted by Gasteiger charge is 2.39. The van der Waals surface area contributed by atoms with E-state index in [2.05, 4.69) is 5.32 Å². The van der Waals surface area contributed by atoms with Crippen LogP contribution >= 0.6 is 23.3 Å². The summed E-state index contributed by atoms with van der Waals surface area (Å²) in [6.45, 7) is 1.89. The number of rotatable bonds is 2. The number of carbonyl (C=O) groups excluding carboxylic acids is 2. The topological polar surface area (TPSA) is 49.4 Å². The lowest BCUT2D eigenvalue weighted by Gasteiger charge is -2.27. The lowest BCUT2D eigenvalue weighted by molar-refractivity contribution is -0.137. The molecular formula is C16H13F3N2O2S2. The average Bonchev–Trinajstić information content (AvgIpc) is 2.87. The van der Waals surface area contributed by atoms with Gasteiger partial charge >= 0.3 is 6.18 Å². The Hall–Kier alpha value is -2.00. The van der Waals surface area contributed by atoms with Crippen LogP contribution < -0.4 is 5.32 Å². The van der Waals surface area contributed by atoms with E-state index in [4.69, 9.17) is 0 Å². The summed E-state index contributed by atoms with van der Waals surface area (Å²) < 4.78 is 39.2. The van der Waals surface area contributed by atoms with Gasteiger partial charge in [0.15, 0.2) is 5.92 Å². The summed E-state index contributed by atoms with van der Waals surface area (Å²) in [5.41, 5.74) is -0.590. The molecule has 0 aliphatic carbocycles. The number of thiophene rings is 1. The Morgan fingerprint density at radius 3 is 2.48 bits per heavy atom. The zero-order chi connectivity index (χ0) is 18.4. The number of benzene rings is 1. The zero-order valence-corrected chi connectivity index (χ0v) is 14.8. The number of nitrogens with zero attached hydrogens (tertiary/aromatic N) is 1. The van der Waals surface area contributed by atoms with E-state index in [1.54, 1.807) is 7.05 Å². The second-order valence-electron chi connectivity index (χ2n) is 5.51. The maximum Gasteiger partial charge on any atom is 0.416 e. The molecule has 4 nitrogen and oxygen atoms in total. The SMILES string of the molecule is Cc1cc2c(s1)C(C(=O)Nc1ccc(C(F)(F)F)cc1)C(=O)N(C)S2. The number of alkyl halides is 3. The lowest BCUT2D eigenvalue weighted by atomic mass is 10.0. The number of anilines is 1. The van der Waals surface area contributed by atoms with Crippen molar-refractivity contribution in [3.05, 3.63) is 45.6 Å². The second-order valence-corrected chi connectivity index (χ2v) is 7.97. The normalized spacial score (nSPS) is 17.4. The summed E-state index contributed by atoms with van der Waals surface area (Å²) in [5.74, 6) is -1.91. The van der Waals surface area contributed by atoms with Crippen LogP contribution in [0.5, 0.6) is 0 Å². The first kappa shape index (κ1) is 17.8. The minimum atomic E-state index is -4.44. The molecule has 2 amide bonds. The van der Waals surface area contributed by atoms with Gasteiger partial charge in [-0.25, -0.2) is 0 Å². The second kappa shape index (κ2) is 6.38. The Morgan fingerprint density at radius 1 is 1.24 bits per heavy atom. The van der Waals surface area contributed by atoms with Crippen molar-refractivity contribution in [2.75, 3.05) is 12.4 Å². The first-order chi connectivity index (χ1) is 11.7. The van der Waals surface area contributed by atoms with Crippen molar-refractivity contribution >= 4 is 40.8 Å². The number of amides is 2. The summed E-state index contributed by atoms with van der Waals surface area (Å²) >= 11 is 2.63. The van der Waals surface area contributed by atoms with E-state index in [-0.39, 0.29) is 11.6 Å². The summed E-state index contributed by atoms with van der Waals surface area (Å²) in [4.78, 5) is 27.5. The van der Waals surface area contributed by atoms with E-state index >= 15 is 0 Å². The molecule has 9 heteroatoms. The van der Waals surface area contributed by atoms with Crippen molar-refractivity contribution in [3.8, 4) is 0 Å². The minimum absolute atomic E-state index is 0.210. The number of fused-ring (bicyclic) bond motifs is 1. The molecule has 1 atom stereocenters.